The lowest BCUT2D eigenvalue weighted by Gasteiger charge is -2.26. The third kappa shape index (κ3) is 2.68. The van der Waals surface area contributed by atoms with Gasteiger partial charge in [-0.15, -0.1) is 0 Å². The van der Waals surface area contributed by atoms with E-state index < -0.39 is 0 Å². The molecule has 4 nitrogen and oxygen atoms in total. The Hall–Kier alpha value is -1.68. The lowest BCUT2D eigenvalue weighted by Crippen LogP contribution is -2.25. The molecular weight excluding hydrogens is 236 g/mol. The fraction of sp³-hybridized carbons (Fsp3) is 0.467. The van der Waals surface area contributed by atoms with Crippen molar-refractivity contribution in [2.45, 2.75) is 38.8 Å². The third-order valence-electron chi connectivity index (χ3n) is 3.79. The first-order valence-corrected chi connectivity index (χ1v) is 6.90. The van der Waals surface area contributed by atoms with Gasteiger partial charge in [0.05, 0.1) is 11.9 Å². The number of benzene rings is 1. The Kier molecular flexibility index (Phi) is 3.34. The van der Waals surface area contributed by atoms with Gasteiger partial charge < -0.3 is 5.32 Å². The Morgan fingerprint density at radius 3 is 3.11 bits per heavy atom. The minimum absolute atomic E-state index is 0.450. The van der Waals surface area contributed by atoms with E-state index in [-0.39, 0.29) is 0 Å². The Bertz CT molecular complexity index is 573. The average Bonchev–Trinajstić information content (AvgIpc) is 2.82. The summed E-state index contributed by atoms with van der Waals surface area (Å²) in [5, 5.41) is 12.0. The SMILES string of the molecule is Cc1ccc2c(c1)[C@@H](NCc1cnn(C)n1)CCC2. The number of hydrogen-bond acceptors (Lipinski definition) is 3. The monoisotopic (exact) mass is 256 g/mol. The first-order chi connectivity index (χ1) is 9.22. The molecule has 0 unspecified atom stereocenters. The summed E-state index contributed by atoms with van der Waals surface area (Å²) < 4.78 is 0. The number of aromatic nitrogens is 3. The minimum Gasteiger partial charge on any atom is -0.304 e. The molecule has 100 valence electrons. The number of rotatable bonds is 3. The predicted molar refractivity (Wildman–Crippen MR) is 74.7 cm³/mol. The number of hydrogen-bond donors (Lipinski definition) is 1. The molecule has 1 heterocycles. The molecule has 2 aromatic rings. The van der Waals surface area contributed by atoms with E-state index in [4.69, 9.17) is 0 Å². The van der Waals surface area contributed by atoms with Gasteiger partial charge in [-0.3, -0.25) is 0 Å². The molecule has 1 N–H and O–H groups in total. The van der Waals surface area contributed by atoms with E-state index in [1.807, 2.05) is 13.2 Å². The quantitative estimate of drug-likeness (QED) is 0.916. The summed E-state index contributed by atoms with van der Waals surface area (Å²) in [5.74, 6) is 0. The zero-order valence-electron chi connectivity index (χ0n) is 11.6. The van der Waals surface area contributed by atoms with E-state index in [0.29, 0.717) is 6.04 Å². The molecular formula is C15H20N4. The zero-order chi connectivity index (χ0) is 13.2. The van der Waals surface area contributed by atoms with Crippen LogP contribution in [-0.2, 0) is 20.0 Å². The first kappa shape index (κ1) is 12.4. The van der Waals surface area contributed by atoms with Gasteiger partial charge in [0.1, 0.15) is 0 Å². The molecule has 0 aliphatic heterocycles. The number of aryl methyl sites for hydroxylation is 3. The van der Waals surface area contributed by atoms with Gasteiger partial charge in [-0.05, 0) is 37.3 Å². The van der Waals surface area contributed by atoms with E-state index in [1.165, 1.54) is 36.0 Å². The van der Waals surface area contributed by atoms with Crippen LogP contribution in [0.5, 0.6) is 0 Å². The summed E-state index contributed by atoms with van der Waals surface area (Å²) in [6, 6.07) is 7.26. The van der Waals surface area contributed by atoms with Crippen molar-refractivity contribution in [2.75, 3.05) is 0 Å². The second kappa shape index (κ2) is 5.13. The number of nitrogens with zero attached hydrogens (tertiary/aromatic N) is 3. The number of nitrogens with one attached hydrogen (secondary N) is 1. The van der Waals surface area contributed by atoms with Crippen LogP contribution in [0.15, 0.2) is 24.4 Å². The maximum Gasteiger partial charge on any atom is 0.0964 e. The highest BCUT2D eigenvalue weighted by Crippen LogP contribution is 2.30. The standard InChI is InChI=1S/C15H20N4/c1-11-6-7-12-4-3-5-15(14(12)8-11)16-9-13-10-17-19(2)18-13/h6-8,10,15-16H,3-5,9H2,1-2H3/t15-/m0/s1. The Balaban J connectivity index is 1.74. The molecule has 0 saturated carbocycles. The van der Waals surface area contributed by atoms with Gasteiger partial charge in [-0.1, -0.05) is 23.8 Å². The van der Waals surface area contributed by atoms with E-state index in [0.717, 1.165) is 12.2 Å². The summed E-state index contributed by atoms with van der Waals surface area (Å²) in [6.07, 6.45) is 5.50. The summed E-state index contributed by atoms with van der Waals surface area (Å²) >= 11 is 0. The molecule has 1 aliphatic rings. The van der Waals surface area contributed by atoms with Gasteiger partial charge in [0.2, 0.25) is 0 Å². The Labute approximate surface area is 113 Å². The van der Waals surface area contributed by atoms with Gasteiger partial charge in [0.15, 0.2) is 0 Å². The molecule has 1 aromatic heterocycles. The highest BCUT2D eigenvalue weighted by atomic mass is 15.4. The van der Waals surface area contributed by atoms with Crippen LogP contribution in [0.3, 0.4) is 0 Å². The topological polar surface area (TPSA) is 42.7 Å². The minimum atomic E-state index is 0.450. The van der Waals surface area contributed by atoms with Crippen molar-refractivity contribution < 1.29 is 0 Å². The molecule has 4 heteroatoms. The van der Waals surface area contributed by atoms with Crippen molar-refractivity contribution in [1.82, 2.24) is 20.3 Å². The van der Waals surface area contributed by atoms with Gasteiger partial charge in [0, 0.05) is 19.6 Å². The van der Waals surface area contributed by atoms with Crippen LogP contribution in [0, 0.1) is 6.92 Å². The van der Waals surface area contributed by atoms with E-state index in [2.05, 4.69) is 40.6 Å². The van der Waals surface area contributed by atoms with Crippen LogP contribution in [0.1, 0.15) is 41.3 Å². The summed E-state index contributed by atoms with van der Waals surface area (Å²) in [7, 11) is 1.85. The van der Waals surface area contributed by atoms with Gasteiger partial charge in [-0.2, -0.15) is 15.0 Å². The number of fused-ring (bicyclic) bond motifs is 1. The maximum absolute atomic E-state index is 4.31. The van der Waals surface area contributed by atoms with Gasteiger partial charge in [-0.25, -0.2) is 0 Å². The predicted octanol–water partition coefficient (Wildman–Crippen LogP) is 2.29. The third-order valence-corrected chi connectivity index (χ3v) is 3.79. The Morgan fingerprint density at radius 1 is 1.42 bits per heavy atom. The van der Waals surface area contributed by atoms with Crippen molar-refractivity contribution in [2.24, 2.45) is 7.05 Å². The highest BCUT2D eigenvalue weighted by molar-refractivity contribution is 5.35. The fourth-order valence-electron chi connectivity index (χ4n) is 2.83. The zero-order valence-corrected chi connectivity index (χ0v) is 11.6. The molecule has 0 bridgehead atoms. The van der Waals surface area contributed by atoms with Crippen LogP contribution >= 0.6 is 0 Å². The van der Waals surface area contributed by atoms with Crippen LogP contribution < -0.4 is 5.32 Å². The Morgan fingerprint density at radius 2 is 2.32 bits per heavy atom. The molecule has 1 aliphatic carbocycles. The molecule has 19 heavy (non-hydrogen) atoms. The van der Waals surface area contributed by atoms with E-state index in [9.17, 15) is 0 Å². The molecule has 0 saturated heterocycles. The van der Waals surface area contributed by atoms with Gasteiger partial charge in [0.25, 0.3) is 0 Å². The lowest BCUT2D eigenvalue weighted by molar-refractivity contribution is 0.454. The second-order valence-corrected chi connectivity index (χ2v) is 5.35. The lowest BCUT2D eigenvalue weighted by atomic mass is 9.86. The molecule has 1 atom stereocenters. The summed E-state index contributed by atoms with van der Waals surface area (Å²) in [5.41, 5.74) is 5.30. The molecule has 1 aromatic carbocycles. The smallest absolute Gasteiger partial charge is 0.0964 e. The average molecular weight is 256 g/mol. The first-order valence-electron chi connectivity index (χ1n) is 6.90. The van der Waals surface area contributed by atoms with Crippen molar-refractivity contribution in [3.63, 3.8) is 0 Å². The van der Waals surface area contributed by atoms with E-state index >= 15 is 0 Å². The fourth-order valence-corrected chi connectivity index (χ4v) is 2.83. The summed E-state index contributed by atoms with van der Waals surface area (Å²) in [4.78, 5) is 1.61. The molecule has 0 radical (unpaired) electrons. The van der Waals surface area contributed by atoms with Crippen molar-refractivity contribution in [1.29, 1.82) is 0 Å². The van der Waals surface area contributed by atoms with Gasteiger partial charge >= 0.3 is 0 Å². The van der Waals surface area contributed by atoms with Crippen LogP contribution in [0.2, 0.25) is 0 Å². The molecule has 0 amide bonds. The van der Waals surface area contributed by atoms with Crippen LogP contribution in [0.4, 0.5) is 0 Å². The molecule has 0 spiro atoms. The second-order valence-electron chi connectivity index (χ2n) is 5.35. The van der Waals surface area contributed by atoms with Crippen molar-refractivity contribution >= 4 is 0 Å². The summed E-state index contributed by atoms with van der Waals surface area (Å²) in [6.45, 7) is 2.94. The largest absolute Gasteiger partial charge is 0.304 e. The molecule has 0 fully saturated rings. The van der Waals surface area contributed by atoms with E-state index in [1.54, 1.807) is 4.80 Å². The molecule has 3 rings (SSSR count). The maximum atomic E-state index is 4.31. The van der Waals surface area contributed by atoms with Crippen molar-refractivity contribution in [3.8, 4) is 0 Å². The highest BCUT2D eigenvalue weighted by Gasteiger charge is 2.19. The van der Waals surface area contributed by atoms with Crippen molar-refractivity contribution in [3.05, 3.63) is 46.8 Å². The van der Waals surface area contributed by atoms with Crippen LogP contribution in [-0.4, -0.2) is 15.0 Å². The normalized spacial score (nSPS) is 18.3. The van der Waals surface area contributed by atoms with Crippen LogP contribution in [0.25, 0.3) is 0 Å².